The molecule has 2 unspecified atom stereocenters. The Morgan fingerprint density at radius 3 is 2.88 bits per heavy atom. The summed E-state index contributed by atoms with van der Waals surface area (Å²) in [6.45, 7) is 8.43. The van der Waals surface area contributed by atoms with Gasteiger partial charge in [0.05, 0.1) is 18.5 Å². The number of hydrogen-bond donors (Lipinski definition) is 0. The second kappa shape index (κ2) is 4.41. The number of rotatable bonds is 3. The predicted octanol–water partition coefficient (Wildman–Crippen LogP) is 2.99. The first kappa shape index (κ1) is 12.6. The first-order valence-corrected chi connectivity index (χ1v) is 6.31. The zero-order chi connectivity index (χ0) is 12.6. The normalized spacial score (nSPS) is 28.5. The molecule has 0 radical (unpaired) electrons. The molecule has 0 aromatic carbocycles. The molecule has 96 valence electrons. The molecule has 17 heavy (non-hydrogen) atoms. The van der Waals surface area contributed by atoms with E-state index in [4.69, 9.17) is 4.74 Å². The van der Waals surface area contributed by atoms with Crippen LogP contribution >= 0.6 is 0 Å². The summed E-state index contributed by atoms with van der Waals surface area (Å²) in [5.41, 5.74) is 1.84. The van der Waals surface area contributed by atoms with Gasteiger partial charge in [-0.3, -0.25) is 4.68 Å². The van der Waals surface area contributed by atoms with Gasteiger partial charge in [0.1, 0.15) is 18.3 Å². The van der Waals surface area contributed by atoms with Crippen molar-refractivity contribution in [3.63, 3.8) is 0 Å². The van der Waals surface area contributed by atoms with Gasteiger partial charge < -0.3 is 4.74 Å². The van der Waals surface area contributed by atoms with Crippen LogP contribution in [-0.4, -0.2) is 23.1 Å². The molecule has 0 bridgehead atoms. The molecule has 0 amide bonds. The number of alkyl halides is 1. The molecule has 2 heterocycles. The fourth-order valence-corrected chi connectivity index (χ4v) is 2.86. The van der Waals surface area contributed by atoms with E-state index < -0.39 is 6.67 Å². The van der Waals surface area contributed by atoms with Crippen LogP contribution in [0.2, 0.25) is 0 Å². The lowest BCUT2D eigenvalue weighted by Crippen LogP contribution is -2.45. The van der Waals surface area contributed by atoms with E-state index in [0.29, 0.717) is 12.5 Å². The van der Waals surface area contributed by atoms with Gasteiger partial charge >= 0.3 is 0 Å². The quantitative estimate of drug-likeness (QED) is 0.812. The van der Waals surface area contributed by atoms with Crippen molar-refractivity contribution in [3.8, 4) is 0 Å². The number of aromatic nitrogens is 2. The highest BCUT2D eigenvalue weighted by Gasteiger charge is 2.44. The predicted molar refractivity (Wildman–Crippen MR) is 64.7 cm³/mol. The number of ether oxygens (including phenoxy) is 1. The highest BCUT2D eigenvalue weighted by Crippen LogP contribution is 2.43. The van der Waals surface area contributed by atoms with Gasteiger partial charge in [-0.15, -0.1) is 0 Å². The van der Waals surface area contributed by atoms with Crippen LogP contribution in [0.5, 0.6) is 0 Å². The topological polar surface area (TPSA) is 27.1 Å². The molecule has 1 aliphatic heterocycles. The van der Waals surface area contributed by atoms with Gasteiger partial charge in [-0.05, 0) is 24.8 Å². The molecule has 0 N–H and O–H groups in total. The lowest BCUT2D eigenvalue weighted by atomic mass is 9.81. The van der Waals surface area contributed by atoms with Crippen molar-refractivity contribution >= 4 is 0 Å². The Balaban J connectivity index is 2.56. The zero-order valence-corrected chi connectivity index (χ0v) is 11.0. The Morgan fingerprint density at radius 1 is 1.65 bits per heavy atom. The molecule has 0 saturated carbocycles. The minimum Gasteiger partial charge on any atom is -0.366 e. The third-order valence-corrected chi connectivity index (χ3v) is 3.89. The molecule has 0 aliphatic carbocycles. The number of aryl methyl sites for hydroxylation is 1. The van der Waals surface area contributed by atoms with Crippen LogP contribution in [0, 0.1) is 12.8 Å². The zero-order valence-electron chi connectivity index (χ0n) is 11.0. The van der Waals surface area contributed by atoms with Gasteiger partial charge in [0.15, 0.2) is 0 Å². The second-order valence-electron chi connectivity index (χ2n) is 5.14. The molecule has 0 spiro atoms. The molecule has 1 aromatic heterocycles. The summed E-state index contributed by atoms with van der Waals surface area (Å²) < 4.78 is 20.9. The van der Waals surface area contributed by atoms with Crippen LogP contribution in [0.4, 0.5) is 4.39 Å². The standard InChI is InChI=1S/C13H21FN2O/c1-5-13(9(2)3)12-10(4)7-15-16(12)11(6-14)8-17-13/h7,9,11H,5-6,8H2,1-4H3. The van der Waals surface area contributed by atoms with Gasteiger partial charge in [0, 0.05) is 0 Å². The lowest BCUT2D eigenvalue weighted by molar-refractivity contribution is -0.128. The van der Waals surface area contributed by atoms with Crippen LogP contribution in [0.15, 0.2) is 6.20 Å². The summed E-state index contributed by atoms with van der Waals surface area (Å²) in [5, 5.41) is 4.33. The lowest BCUT2D eigenvalue weighted by Gasteiger charge is -2.43. The molecule has 4 heteroatoms. The van der Waals surface area contributed by atoms with Gasteiger partial charge in [0.2, 0.25) is 0 Å². The molecule has 0 saturated heterocycles. The fraction of sp³-hybridized carbons (Fsp3) is 0.769. The van der Waals surface area contributed by atoms with Gasteiger partial charge in [-0.2, -0.15) is 5.10 Å². The molecule has 2 atom stereocenters. The van der Waals surface area contributed by atoms with E-state index in [1.54, 1.807) is 0 Å². The molecular formula is C13H21FN2O. The van der Waals surface area contributed by atoms with Crippen molar-refractivity contribution in [2.45, 2.75) is 45.8 Å². The largest absolute Gasteiger partial charge is 0.366 e. The van der Waals surface area contributed by atoms with Gasteiger partial charge in [0.25, 0.3) is 0 Å². The van der Waals surface area contributed by atoms with E-state index in [1.165, 1.54) is 0 Å². The van der Waals surface area contributed by atoms with Crippen LogP contribution in [0.25, 0.3) is 0 Å². The minimum atomic E-state index is -0.425. The summed E-state index contributed by atoms with van der Waals surface area (Å²) in [6, 6.07) is -0.267. The van der Waals surface area contributed by atoms with Crippen molar-refractivity contribution in [2.75, 3.05) is 13.3 Å². The number of fused-ring (bicyclic) bond motifs is 1. The Hall–Kier alpha value is -0.900. The van der Waals surface area contributed by atoms with Crippen molar-refractivity contribution < 1.29 is 9.13 Å². The van der Waals surface area contributed by atoms with Crippen molar-refractivity contribution in [1.82, 2.24) is 9.78 Å². The van der Waals surface area contributed by atoms with E-state index in [2.05, 4.69) is 25.9 Å². The van der Waals surface area contributed by atoms with E-state index in [1.807, 2.05) is 17.8 Å². The van der Waals surface area contributed by atoms with Gasteiger partial charge in [-0.25, -0.2) is 4.39 Å². The average Bonchev–Trinajstić information content (AvgIpc) is 2.71. The number of halogens is 1. The molecule has 3 nitrogen and oxygen atoms in total. The van der Waals surface area contributed by atoms with Crippen molar-refractivity contribution in [1.29, 1.82) is 0 Å². The molecule has 1 aromatic rings. The van der Waals surface area contributed by atoms with Crippen LogP contribution in [-0.2, 0) is 10.3 Å². The van der Waals surface area contributed by atoms with Crippen LogP contribution < -0.4 is 0 Å². The summed E-state index contributed by atoms with van der Waals surface area (Å²) in [5.74, 6) is 0.349. The molecule has 1 aliphatic rings. The molecule has 0 fully saturated rings. The first-order valence-electron chi connectivity index (χ1n) is 6.31. The molecule has 2 rings (SSSR count). The summed E-state index contributed by atoms with van der Waals surface area (Å²) in [4.78, 5) is 0. The van der Waals surface area contributed by atoms with E-state index >= 15 is 0 Å². The maximum absolute atomic E-state index is 13.0. The third-order valence-electron chi connectivity index (χ3n) is 3.89. The third kappa shape index (κ3) is 1.69. The average molecular weight is 240 g/mol. The Morgan fingerprint density at radius 2 is 2.35 bits per heavy atom. The van der Waals surface area contributed by atoms with Crippen molar-refractivity contribution in [3.05, 3.63) is 17.5 Å². The van der Waals surface area contributed by atoms with Crippen molar-refractivity contribution in [2.24, 2.45) is 5.92 Å². The van der Waals surface area contributed by atoms with E-state index in [9.17, 15) is 4.39 Å². The monoisotopic (exact) mass is 240 g/mol. The smallest absolute Gasteiger partial charge is 0.114 e. The maximum Gasteiger partial charge on any atom is 0.114 e. The van der Waals surface area contributed by atoms with E-state index in [0.717, 1.165) is 17.7 Å². The summed E-state index contributed by atoms with van der Waals surface area (Å²) in [6.07, 6.45) is 2.70. The Bertz CT molecular complexity index is 402. The SMILES string of the molecule is CCC1(C(C)C)OCC(CF)n2ncc(C)c21. The number of nitrogens with zero attached hydrogens (tertiary/aromatic N) is 2. The summed E-state index contributed by atoms with van der Waals surface area (Å²) in [7, 11) is 0. The Labute approximate surface area is 102 Å². The highest BCUT2D eigenvalue weighted by molar-refractivity contribution is 5.26. The minimum absolute atomic E-state index is 0.267. The fourth-order valence-electron chi connectivity index (χ4n) is 2.86. The highest BCUT2D eigenvalue weighted by atomic mass is 19.1. The maximum atomic E-state index is 13.0. The molecular weight excluding hydrogens is 219 g/mol. The summed E-state index contributed by atoms with van der Waals surface area (Å²) >= 11 is 0. The van der Waals surface area contributed by atoms with E-state index in [-0.39, 0.29) is 11.6 Å². The van der Waals surface area contributed by atoms with Crippen LogP contribution in [0.3, 0.4) is 0 Å². The van der Waals surface area contributed by atoms with Crippen LogP contribution in [0.1, 0.15) is 44.5 Å². The first-order chi connectivity index (χ1) is 8.06. The second-order valence-corrected chi connectivity index (χ2v) is 5.14. The number of hydrogen-bond acceptors (Lipinski definition) is 2. The van der Waals surface area contributed by atoms with Gasteiger partial charge in [-0.1, -0.05) is 20.8 Å². The Kier molecular flexibility index (Phi) is 3.25.